The molecule has 0 atom stereocenters. The van der Waals surface area contributed by atoms with Crippen molar-refractivity contribution in [3.05, 3.63) is 52.9 Å². The quantitative estimate of drug-likeness (QED) is 0.0790. The van der Waals surface area contributed by atoms with E-state index in [1.165, 1.54) is 11.3 Å². The van der Waals surface area contributed by atoms with Gasteiger partial charge in [0, 0.05) is 36.4 Å². The number of hydrogen-bond acceptors (Lipinski definition) is 8. The molecular weight excluding hydrogens is 571 g/mol. The van der Waals surface area contributed by atoms with Crippen LogP contribution >= 0.6 is 11.3 Å². The second-order valence-electron chi connectivity index (χ2n) is 10.5. The Labute approximate surface area is 256 Å². The minimum atomic E-state index is -3.53. The maximum atomic E-state index is 12.6. The van der Waals surface area contributed by atoms with Gasteiger partial charge in [0.15, 0.2) is 5.78 Å². The van der Waals surface area contributed by atoms with E-state index in [4.69, 9.17) is 5.73 Å². The molecule has 1 aromatic heterocycles. The normalized spacial score (nSPS) is 11.5. The third-order valence-electron chi connectivity index (χ3n) is 6.81. The summed E-state index contributed by atoms with van der Waals surface area (Å²) in [6, 6.07) is 12.8. The van der Waals surface area contributed by atoms with E-state index in [0.29, 0.717) is 36.6 Å². The lowest BCUT2D eigenvalue weighted by Crippen LogP contribution is -2.27. The molecular formula is C31H51N5O4S2. The van der Waals surface area contributed by atoms with Gasteiger partial charge in [0.2, 0.25) is 15.9 Å². The molecule has 0 saturated carbocycles. The van der Waals surface area contributed by atoms with Gasteiger partial charge in [-0.3, -0.25) is 9.59 Å². The van der Waals surface area contributed by atoms with Gasteiger partial charge in [0.1, 0.15) is 4.21 Å². The maximum absolute atomic E-state index is 12.6. The van der Waals surface area contributed by atoms with Crippen LogP contribution in [0.4, 0.5) is 0 Å². The molecule has 0 bridgehead atoms. The Morgan fingerprint density at radius 1 is 0.690 bits per heavy atom. The number of nitrogens with one attached hydrogen (secondary N) is 4. The second kappa shape index (κ2) is 22.4. The van der Waals surface area contributed by atoms with E-state index in [0.717, 1.165) is 101 Å². The molecule has 42 heavy (non-hydrogen) atoms. The van der Waals surface area contributed by atoms with Crippen LogP contribution in [0.2, 0.25) is 0 Å². The number of carbonyl (C=O) groups excluding carboxylic acids is 2. The van der Waals surface area contributed by atoms with Gasteiger partial charge in [0.25, 0.3) is 0 Å². The van der Waals surface area contributed by atoms with Gasteiger partial charge >= 0.3 is 0 Å². The summed E-state index contributed by atoms with van der Waals surface area (Å²) < 4.78 is 28.3. The van der Waals surface area contributed by atoms with Gasteiger partial charge in [-0.15, -0.1) is 11.3 Å². The minimum Gasteiger partial charge on any atom is -0.356 e. The largest absolute Gasteiger partial charge is 0.356 e. The first-order chi connectivity index (χ1) is 20.4. The lowest BCUT2D eigenvalue weighted by atomic mass is 10.0. The molecule has 1 aromatic carbocycles. The number of hydrogen-bond donors (Lipinski definition) is 5. The molecule has 1 heterocycles. The van der Waals surface area contributed by atoms with Crippen molar-refractivity contribution < 1.29 is 18.0 Å². The van der Waals surface area contributed by atoms with Gasteiger partial charge in [-0.25, -0.2) is 13.1 Å². The van der Waals surface area contributed by atoms with Crippen LogP contribution in [-0.2, 0) is 21.2 Å². The summed E-state index contributed by atoms with van der Waals surface area (Å²) in [6.07, 6.45) is 9.74. The number of thiophene rings is 1. The summed E-state index contributed by atoms with van der Waals surface area (Å²) in [4.78, 5) is 25.2. The monoisotopic (exact) mass is 621 g/mol. The fourth-order valence-corrected chi connectivity index (χ4v) is 6.88. The highest BCUT2D eigenvalue weighted by Gasteiger charge is 2.16. The van der Waals surface area contributed by atoms with Crippen molar-refractivity contribution in [3.63, 3.8) is 0 Å². The molecule has 6 N–H and O–H groups in total. The van der Waals surface area contributed by atoms with E-state index in [1.54, 1.807) is 6.07 Å². The first kappa shape index (κ1) is 36.0. The molecule has 1 amide bonds. The molecule has 0 radical (unpaired) electrons. The molecule has 236 valence electrons. The zero-order valence-corrected chi connectivity index (χ0v) is 26.6. The van der Waals surface area contributed by atoms with Crippen LogP contribution in [0.1, 0.15) is 85.9 Å². The van der Waals surface area contributed by atoms with Crippen LogP contribution in [0.5, 0.6) is 0 Å². The third-order valence-corrected chi connectivity index (χ3v) is 9.91. The molecule has 0 aliphatic carbocycles. The predicted molar refractivity (Wildman–Crippen MR) is 173 cm³/mol. The predicted octanol–water partition coefficient (Wildman–Crippen LogP) is 4.00. The second-order valence-corrected chi connectivity index (χ2v) is 13.6. The molecule has 0 spiro atoms. The van der Waals surface area contributed by atoms with Gasteiger partial charge in [-0.1, -0.05) is 36.8 Å². The molecule has 2 aromatic rings. The highest BCUT2D eigenvalue weighted by Crippen LogP contribution is 2.23. The third kappa shape index (κ3) is 16.5. The first-order valence-electron chi connectivity index (χ1n) is 15.5. The molecule has 0 aliphatic rings. The van der Waals surface area contributed by atoms with E-state index in [9.17, 15) is 18.0 Å². The minimum absolute atomic E-state index is 0.0506. The van der Waals surface area contributed by atoms with E-state index in [-0.39, 0.29) is 11.7 Å². The number of Topliss-reactive ketones (excluding diaryl/α,β-unsaturated/α-hetero) is 1. The molecule has 11 heteroatoms. The molecule has 0 aliphatic heterocycles. The van der Waals surface area contributed by atoms with Crippen LogP contribution < -0.4 is 26.4 Å². The zero-order valence-electron chi connectivity index (χ0n) is 25.0. The van der Waals surface area contributed by atoms with E-state index < -0.39 is 10.0 Å². The number of nitrogens with two attached hydrogens (primary N) is 1. The number of unbranched alkanes of at least 4 members (excludes halogenated alkanes) is 4. The van der Waals surface area contributed by atoms with Crippen LogP contribution in [0.25, 0.3) is 0 Å². The van der Waals surface area contributed by atoms with Crippen LogP contribution in [-0.4, -0.2) is 65.9 Å². The molecule has 2 rings (SSSR count). The summed E-state index contributed by atoms with van der Waals surface area (Å²) in [7, 11) is -3.53. The van der Waals surface area contributed by atoms with Gasteiger partial charge < -0.3 is 21.7 Å². The zero-order chi connectivity index (χ0) is 30.3. The number of aryl methyl sites for hydroxylation is 1. The SMILES string of the molecule is NCCCNCCCCNCCCNC(=O)CCCCCNS(=O)(=O)c1ccc(CCCCC(=O)c2ccccc2)s1. The molecule has 0 saturated heterocycles. The Balaban J connectivity index is 1.44. The fraction of sp³-hybridized carbons (Fsp3) is 0.613. The van der Waals surface area contributed by atoms with Gasteiger partial charge in [-0.05, 0) is 103 Å². The smallest absolute Gasteiger partial charge is 0.250 e. The molecule has 0 unspecified atom stereocenters. The molecule has 0 fully saturated rings. The summed E-state index contributed by atoms with van der Waals surface area (Å²) in [5.74, 6) is 0.192. The Hall–Kier alpha value is -2.15. The maximum Gasteiger partial charge on any atom is 0.250 e. The highest BCUT2D eigenvalue weighted by atomic mass is 32.2. The van der Waals surface area contributed by atoms with Gasteiger partial charge in [0.05, 0.1) is 0 Å². The highest BCUT2D eigenvalue weighted by molar-refractivity contribution is 7.91. The van der Waals surface area contributed by atoms with Crippen LogP contribution in [0.15, 0.2) is 46.7 Å². The number of carbonyl (C=O) groups is 2. The number of rotatable bonds is 26. The summed E-state index contributed by atoms with van der Waals surface area (Å²) in [6.45, 7) is 5.65. The topological polar surface area (TPSA) is 142 Å². The van der Waals surface area contributed by atoms with Crippen molar-refractivity contribution >= 4 is 33.1 Å². The Kier molecular flexibility index (Phi) is 19.2. The van der Waals surface area contributed by atoms with Crippen molar-refractivity contribution in [2.45, 2.75) is 81.3 Å². The Bertz CT molecular complexity index is 1110. The Morgan fingerprint density at radius 2 is 1.36 bits per heavy atom. The van der Waals surface area contributed by atoms with Crippen molar-refractivity contribution in [1.29, 1.82) is 0 Å². The first-order valence-corrected chi connectivity index (χ1v) is 17.8. The summed E-state index contributed by atoms with van der Waals surface area (Å²) in [5, 5.41) is 9.74. The van der Waals surface area contributed by atoms with E-state index in [1.807, 2.05) is 36.4 Å². The van der Waals surface area contributed by atoms with E-state index in [2.05, 4.69) is 20.7 Å². The number of benzene rings is 1. The average molecular weight is 622 g/mol. The summed E-state index contributed by atoms with van der Waals surface area (Å²) in [5.41, 5.74) is 6.20. The lowest BCUT2D eigenvalue weighted by molar-refractivity contribution is -0.121. The number of sulfonamides is 1. The van der Waals surface area contributed by atoms with Crippen molar-refractivity contribution in [2.75, 3.05) is 45.8 Å². The van der Waals surface area contributed by atoms with Gasteiger partial charge in [-0.2, -0.15) is 0 Å². The van der Waals surface area contributed by atoms with Crippen LogP contribution in [0, 0.1) is 0 Å². The fourth-order valence-electron chi connectivity index (χ4n) is 4.36. The van der Waals surface area contributed by atoms with Crippen LogP contribution in [0.3, 0.4) is 0 Å². The lowest BCUT2D eigenvalue weighted by Gasteiger charge is -2.08. The summed E-state index contributed by atoms with van der Waals surface area (Å²) >= 11 is 1.29. The van der Waals surface area contributed by atoms with Crippen molar-refractivity contribution in [3.8, 4) is 0 Å². The molecule has 9 nitrogen and oxygen atoms in total. The van der Waals surface area contributed by atoms with E-state index >= 15 is 0 Å². The van der Waals surface area contributed by atoms with Crippen molar-refractivity contribution in [1.82, 2.24) is 20.7 Å². The average Bonchev–Trinajstić information content (AvgIpc) is 3.48. The standard InChI is InChI=1S/C31H51N5O4S2/c32-20-11-23-33-21-9-10-22-34-24-12-25-35-30(38)17-5-2-8-26-36-42(39,40)31-19-18-28(41-31)15-6-7-16-29(37)27-13-3-1-4-14-27/h1,3-4,13-14,18-19,33-34,36H,2,5-12,15-17,20-26,32H2,(H,35,38). The Morgan fingerprint density at radius 3 is 2.10 bits per heavy atom. The van der Waals surface area contributed by atoms with Crippen molar-refractivity contribution in [2.24, 2.45) is 5.73 Å². The number of amides is 1. The number of ketones is 1.